The lowest BCUT2D eigenvalue weighted by molar-refractivity contribution is -0.130. The average Bonchev–Trinajstić information content (AvgIpc) is 2.21. The van der Waals surface area contributed by atoms with Gasteiger partial charge in [0, 0.05) is 10.5 Å². The van der Waals surface area contributed by atoms with Gasteiger partial charge in [0.25, 0.3) is 0 Å². The van der Waals surface area contributed by atoms with E-state index in [9.17, 15) is 4.79 Å². The summed E-state index contributed by atoms with van der Waals surface area (Å²) in [5, 5.41) is 3.39. The normalized spacial score (nSPS) is 8.87. The molecule has 0 saturated heterocycles. The van der Waals surface area contributed by atoms with Gasteiger partial charge in [-0.3, -0.25) is 0 Å². The fourth-order valence-corrected chi connectivity index (χ4v) is 0.861. The molecule has 0 aliphatic rings. The first kappa shape index (κ1) is 10.8. The Hall–Kier alpha value is -2.26. The Labute approximate surface area is 86.6 Å². The molecule has 5 heteroatoms. The summed E-state index contributed by atoms with van der Waals surface area (Å²) in [5.74, 6) is -0.320. The molecule has 0 radical (unpaired) electrons. The van der Waals surface area contributed by atoms with E-state index in [2.05, 4.69) is 16.6 Å². The minimum atomic E-state index is -0.546. The van der Waals surface area contributed by atoms with Gasteiger partial charge in [0.1, 0.15) is 5.75 Å². The van der Waals surface area contributed by atoms with Crippen molar-refractivity contribution in [1.82, 2.24) is 0 Å². The van der Waals surface area contributed by atoms with E-state index in [1.165, 1.54) is 0 Å². The smallest absolute Gasteiger partial charge is 0.338 e. The molecule has 15 heavy (non-hydrogen) atoms. The number of ether oxygens (including phenoxy) is 1. The molecule has 76 valence electrons. The van der Waals surface area contributed by atoms with Crippen LogP contribution in [0.4, 0.5) is 5.69 Å². The molecule has 0 amide bonds. The van der Waals surface area contributed by atoms with Crippen molar-refractivity contribution in [3.8, 4) is 5.75 Å². The molecule has 0 aromatic heterocycles. The average molecular weight is 203 g/mol. The molecule has 0 aliphatic heterocycles. The van der Waals surface area contributed by atoms with Gasteiger partial charge in [-0.15, -0.1) is 0 Å². The number of carbonyl (C=O) groups is 1. The summed E-state index contributed by atoms with van der Waals surface area (Å²) in [6.07, 6.45) is 0. The number of nitrogens with zero attached hydrogens (tertiary/aromatic N) is 3. The lowest BCUT2D eigenvalue weighted by Gasteiger charge is -2.05. The Morgan fingerprint density at radius 2 is 2.20 bits per heavy atom. The van der Waals surface area contributed by atoms with Crippen molar-refractivity contribution in [2.24, 2.45) is 5.11 Å². The Morgan fingerprint density at radius 1 is 1.53 bits per heavy atom. The maximum absolute atomic E-state index is 11.2. The molecule has 1 aromatic carbocycles. The van der Waals surface area contributed by atoms with Crippen molar-refractivity contribution in [2.45, 2.75) is 6.92 Å². The van der Waals surface area contributed by atoms with Crippen LogP contribution in [0.3, 0.4) is 0 Å². The van der Waals surface area contributed by atoms with E-state index in [1.807, 2.05) is 0 Å². The van der Waals surface area contributed by atoms with Crippen molar-refractivity contribution < 1.29 is 9.53 Å². The Bertz CT molecular complexity index is 448. The predicted molar refractivity (Wildman–Crippen MR) is 55.7 cm³/mol. The van der Waals surface area contributed by atoms with Gasteiger partial charge in [-0.1, -0.05) is 23.8 Å². The van der Waals surface area contributed by atoms with E-state index >= 15 is 0 Å². The largest absolute Gasteiger partial charge is 0.423 e. The quantitative estimate of drug-likeness (QED) is 0.189. The second kappa shape index (κ2) is 4.83. The summed E-state index contributed by atoms with van der Waals surface area (Å²) >= 11 is 0. The molecule has 0 N–H and O–H groups in total. The molecule has 0 saturated carbocycles. The van der Waals surface area contributed by atoms with Crippen LogP contribution < -0.4 is 4.74 Å². The molecular formula is C10H9N3O2. The fourth-order valence-electron chi connectivity index (χ4n) is 0.861. The monoisotopic (exact) mass is 203 g/mol. The standard InChI is InChI=1S/C10H9N3O2/c1-7(2)10(14)15-9-6-4-3-5-8(9)12-13-11/h3-6H,1H2,2H3. The highest BCUT2D eigenvalue weighted by Gasteiger charge is 2.07. The second-order valence-corrected chi connectivity index (χ2v) is 2.83. The fraction of sp³-hybridized carbons (Fsp3) is 0.100. The maximum atomic E-state index is 11.2. The third-order valence-electron chi connectivity index (χ3n) is 1.57. The van der Waals surface area contributed by atoms with Crippen LogP contribution in [-0.4, -0.2) is 5.97 Å². The lowest BCUT2D eigenvalue weighted by Crippen LogP contribution is -2.08. The SMILES string of the molecule is C=C(C)C(=O)Oc1ccccc1N=[N+]=[N-]. The predicted octanol–water partition coefficient (Wildman–Crippen LogP) is 3.11. The van der Waals surface area contributed by atoms with Crippen LogP contribution in [0.15, 0.2) is 41.5 Å². The van der Waals surface area contributed by atoms with Gasteiger partial charge in [0.2, 0.25) is 0 Å². The van der Waals surface area contributed by atoms with Crippen LogP contribution in [0.25, 0.3) is 10.4 Å². The molecule has 1 aromatic rings. The Balaban J connectivity index is 2.98. The molecule has 0 fully saturated rings. The van der Waals surface area contributed by atoms with E-state index in [1.54, 1.807) is 31.2 Å². The number of para-hydroxylation sites is 1. The van der Waals surface area contributed by atoms with Crippen LogP contribution in [0.2, 0.25) is 0 Å². The van der Waals surface area contributed by atoms with Gasteiger partial charge in [-0.05, 0) is 24.6 Å². The first-order valence-electron chi connectivity index (χ1n) is 4.17. The Morgan fingerprint density at radius 3 is 2.80 bits per heavy atom. The zero-order chi connectivity index (χ0) is 11.3. The van der Waals surface area contributed by atoms with Crippen molar-refractivity contribution in [3.63, 3.8) is 0 Å². The van der Waals surface area contributed by atoms with E-state index in [0.717, 1.165) is 0 Å². The first-order chi connectivity index (χ1) is 7.15. The van der Waals surface area contributed by atoms with Gasteiger partial charge in [-0.25, -0.2) is 4.79 Å². The van der Waals surface area contributed by atoms with Gasteiger partial charge < -0.3 is 4.74 Å². The summed E-state index contributed by atoms with van der Waals surface area (Å²) in [4.78, 5) is 13.8. The molecule has 0 heterocycles. The van der Waals surface area contributed by atoms with Crippen LogP contribution >= 0.6 is 0 Å². The summed E-state index contributed by atoms with van der Waals surface area (Å²) < 4.78 is 4.96. The summed E-state index contributed by atoms with van der Waals surface area (Å²) in [5.41, 5.74) is 8.84. The molecule has 0 bridgehead atoms. The molecule has 0 atom stereocenters. The summed E-state index contributed by atoms with van der Waals surface area (Å²) in [6.45, 7) is 4.99. The van der Waals surface area contributed by atoms with Crippen LogP contribution in [0.5, 0.6) is 5.75 Å². The topological polar surface area (TPSA) is 75.1 Å². The molecule has 0 aliphatic carbocycles. The number of rotatable bonds is 3. The van der Waals surface area contributed by atoms with Gasteiger partial charge in [0.05, 0.1) is 5.69 Å². The van der Waals surface area contributed by atoms with Crippen LogP contribution in [0, 0.1) is 0 Å². The molecule has 0 spiro atoms. The zero-order valence-electron chi connectivity index (χ0n) is 8.17. The van der Waals surface area contributed by atoms with Crippen molar-refractivity contribution in [3.05, 3.63) is 46.9 Å². The minimum absolute atomic E-state index is 0.225. The van der Waals surface area contributed by atoms with E-state index in [-0.39, 0.29) is 17.0 Å². The molecular weight excluding hydrogens is 194 g/mol. The minimum Gasteiger partial charge on any atom is -0.423 e. The van der Waals surface area contributed by atoms with Crippen LogP contribution in [0.1, 0.15) is 6.92 Å². The van der Waals surface area contributed by atoms with E-state index < -0.39 is 5.97 Å². The molecule has 0 unspecified atom stereocenters. The summed E-state index contributed by atoms with van der Waals surface area (Å²) in [6, 6.07) is 6.46. The third kappa shape index (κ3) is 2.86. The van der Waals surface area contributed by atoms with Gasteiger partial charge >= 0.3 is 5.97 Å². The Kier molecular flexibility index (Phi) is 3.49. The van der Waals surface area contributed by atoms with Gasteiger partial charge in [-0.2, -0.15) is 0 Å². The maximum Gasteiger partial charge on any atom is 0.338 e. The highest BCUT2D eigenvalue weighted by molar-refractivity contribution is 5.89. The van der Waals surface area contributed by atoms with Crippen molar-refractivity contribution in [2.75, 3.05) is 0 Å². The van der Waals surface area contributed by atoms with E-state index in [4.69, 9.17) is 10.3 Å². The highest BCUT2D eigenvalue weighted by Crippen LogP contribution is 2.27. The van der Waals surface area contributed by atoms with Crippen molar-refractivity contribution >= 4 is 11.7 Å². The number of esters is 1. The molecule has 5 nitrogen and oxygen atoms in total. The number of carbonyl (C=O) groups excluding carboxylic acids is 1. The van der Waals surface area contributed by atoms with Crippen LogP contribution in [-0.2, 0) is 4.79 Å². The number of benzene rings is 1. The number of hydrogen-bond acceptors (Lipinski definition) is 3. The lowest BCUT2D eigenvalue weighted by atomic mass is 10.3. The molecule has 1 rings (SSSR count). The number of hydrogen-bond donors (Lipinski definition) is 0. The second-order valence-electron chi connectivity index (χ2n) is 2.83. The van der Waals surface area contributed by atoms with E-state index in [0.29, 0.717) is 0 Å². The third-order valence-corrected chi connectivity index (χ3v) is 1.57. The van der Waals surface area contributed by atoms with Gasteiger partial charge in [0.15, 0.2) is 0 Å². The number of azide groups is 1. The zero-order valence-corrected chi connectivity index (χ0v) is 8.17. The highest BCUT2D eigenvalue weighted by atomic mass is 16.5. The summed E-state index contributed by atoms with van der Waals surface area (Å²) in [7, 11) is 0. The first-order valence-corrected chi connectivity index (χ1v) is 4.17. The van der Waals surface area contributed by atoms with Crippen molar-refractivity contribution in [1.29, 1.82) is 0 Å².